The third kappa shape index (κ3) is 4.14. The van der Waals surface area contributed by atoms with Gasteiger partial charge in [-0.15, -0.1) is 4.40 Å². The first-order chi connectivity index (χ1) is 13.1. The largest absolute Gasteiger partial charge is 0.429 e. The smallest absolute Gasteiger partial charge is 0.283 e. The number of oxazole rings is 1. The van der Waals surface area contributed by atoms with Gasteiger partial charge < -0.3 is 14.7 Å². The summed E-state index contributed by atoms with van der Waals surface area (Å²) in [6, 6.07) is 7.78. The molecule has 0 saturated heterocycles. The molecule has 2 aromatic carbocycles. The van der Waals surface area contributed by atoms with E-state index in [2.05, 4.69) is 14.7 Å². The highest BCUT2D eigenvalue weighted by atomic mass is 35.5. The van der Waals surface area contributed by atoms with Crippen LogP contribution in [0.5, 0.6) is 0 Å². The van der Waals surface area contributed by atoms with Crippen molar-refractivity contribution in [3.05, 3.63) is 51.3 Å². The summed E-state index contributed by atoms with van der Waals surface area (Å²) in [5, 5.41) is 3.58. The van der Waals surface area contributed by atoms with Gasteiger partial charge in [0, 0.05) is 16.3 Å². The number of aromatic amines is 1. The molecule has 0 fully saturated rings. The number of nitrogens with one attached hydrogen (secondary N) is 2. The maximum atomic E-state index is 12.5. The first kappa shape index (κ1) is 20.6. The van der Waals surface area contributed by atoms with E-state index in [0.29, 0.717) is 15.4 Å². The number of anilines is 1. The lowest BCUT2D eigenvalue weighted by Gasteiger charge is -2.16. The van der Waals surface area contributed by atoms with Gasteiger partial charge in [-0.2, -0.15) is 8.42 Å². The number of hydrogen-bond acceptors (Lipinski definition) is 4. The van der Waals surface area contributed by atoms with Crippen LogP contribution < -0.4 is 5.32 Å². The van der Waals surface area contributed by atoms with Gasteiger partial charge >= 0.3 is 0 Å². The summed E-state index contributed by atoms with van der Waals surface area (Å²) in [5.74, 6) is 0.382. The summed E-state index contributed by atoms with van der Waals surface area (Å²) in [5.41, 5.74) is 4.07. The van der Waals surface area contributed by atoms with Gasteiger partial charge in [0.2, 0.25) is 0 Å². The van der Waals surface area contributed by atoms with E-state index < -0.39 is 10.0 Å². The number of H-pyrrole nitrogens is 1. The van der Waals surface area contributed by atoms with E-state index in [9.17, 15) is 8.42 Å². The van der Waals surface area contributed by atoms with Gasteiger partial charge in [0.25, 0.3) is 14.9 Å². The molecule has 148 valence electrons. The minimum Gasteiger partial charge on any atom is -0.429 e. The zero-order valence-electron chi connectivity index (χ0n) is 15.8. The predicted octanol–water partition coefficient (Wildman–Crippen LogP) is 5.79. The SMILES string of the molecule is CC(=NS(=O)(=O)c1ccc(Cl)cc1)Nc1cc(C)c2oc(=S)[nH]c2c1C(C)C. The molecule has 28 heavy (non-hydrogen) atoms. The molecule has 2 N–H and O–H groups in total. The molecule has 0 aliphatic rings. The molecule has 0 bridgehead atoms. The molecule has 3 aromatic rings. The van der Waals surface area contributed by atoms with Crippen molar-refractivity contribution in [3.63, 3.8) is 0 Å². The lowest BCUT2D eigenvalue weighted by atomic mass is 9.97. The van der Waals surface area contributed by atoms with Gasteiger partial charge in [0.15, 0.2) is 5.58 Å². The molecule has 0 aliphatic heterocycles. The van der Waals surface area contributed by atoms with Crippen molar-refractivity contribution in [2.75, 3.05) is 5.32 Å². The molecule has 0 aliphatic carbocycles. The Labute approximate surface area is 173 Å². The van der Waals surface area contributed by atoms with Gasteiger partial charge in [-0.05, 0) is 67.9 Å². The van der Waals surface area contributed by atoms with Crippen LogP contribution in [0.4, 0.5) is 5.69 Å². The lowest BCUT2D eigenvalue weighted by Crippen LogP contribution is -2.13. The van der Waals surface area contributed by atoms with Gasteiger partial charge in [-0.1, -0.05) is 25.4 Å². The summed E-state index contributed by atoms with van der Waals surface area (Å²) in [6.45, 7) is 7.58. The van der Waals surface area contributed by atoms with Crippen molar-refractivity contribution in [1.29, 1.82) is 0 Å². The van der Waals surface area contributed by atoms with Crippen LogP contribution in [0.2, 0.25) is 5.02 Å². The van der Waals surface area contributed by atoms with Crippen molar-refractivity contribution in [2.45, 2.75) is 38.5 Å². The lowest BCUT2D eigenvalue weighted by molar-refractivity contribution is 0.581. The zero-order valence-corrected chi connectivity index (χ0v) is 18.2. The fourth-order valence-electron chi connectivity index (χ4n) is 3.05. The molecule has 0 radical (unpaired) electrons. The minimum absolute atomic E-state index is 0.0766. The Hall–Kier alpha value is -2.16. The normalized spacial score (nSPS) is 12.7. The third-order valence-corrected chi connectivity index (χ3v) is 6.01. The maximum absolute atomic E-state index is 12.5. The van der Waals surface area contributed by atoms with Crippen molar-refractivity contribution < 1.29 is 12.8 Å². The molecule has 3 rings (SSSR count). The number of sulfonamides is 1. The molecular formula is C19H20ClN3O3S2. The number of aromatic nitrogens is 1. The second kappa shape index (κ2) is 7.69. The Balaban J connectivity index is 2.04. The first-order valence-electron chi connectivity index (χ1n) is 8.59. The van der Waals surface area contributed by atoms with E-state index in [1.165, 1.54) is 24.3 Å². The molecule has 0 spiro atoms. The fraction of sp³-hybridized carbons (Fsp3) is 0.263. The number of amidine groups is 1. The first-order valence-corrected chi connectivity index (χ1v) is 10.8. The minimum atomic E-state index is -3.85. The number of halogens is 1. The number of aryl methyl sites for hydroxylation is 1. The Morgan fingerprint density at radius 1 is 1.29 bits per heavy atom. The van der Waals surface area contributed by atoms with Crippen LogP contribution in [0.25, 0.3) is 11.1 Å². The van der Waals surface area contributed by atoms with Crippen molar-refractivity contribution in [1.82, 2.24) is 4.98 Å². The molecule has 6 nitrogen and oxygen atoms in total. The maximum Gasteiger partial charge on any atom is 0.283 e. The average Bonchev–Trinajstić information content (AvgIpc) is 2.96. The van der Waals surface area contributed by atoms with Gasteiger partial charge in [0.05, 0.1) is 10.4 Å². The number of nitrogens with zero attached hydrogens (tertiary/aromatic N) is 1. The number of hydrogen-bond donors (Lipinski definition) is 2. The summed E-state index contributed by atoms with van der Waals surface area (Å²) >= 11 is 11.0. The standard InChI is InChI=1S/C19H20ClN3O3S2/c1-10(2)16-15(9-11(3)18-17(16)22-19(27)26-18)21-12(4)23-28(24,25)14-7-5-13(20)6-8-14/h5-10H,1-4H3,(H,21,23)(H,22,27). The fourth-order valence-corrected chi connectivity index (χ4v) is 4.35. The quantitative estimate of drug-likeness (QED) is 0.306. The summed E-state index contributed by atoms with van der Waals surface area (Å²) in [7, 11) is -3.85. The second-order valence-electron chi connectivity index (χ2n) is 6.76. The van der Waals surface area contributed by atoms with Gasteiger partial charge in [0.1, 0.15) is 5.84 Å². The molecule has 9 heteroatoms. The summed E-state index contributed by atoms with van der Waals surface area (Å²) in [6.07, 6.45) is 0. The molecule has 0 unspecified atom stereocenters. The third-order valence-electron chi connectivity index (χ3n) is 4.19. The summed E-state index contributed by atoms with van der Waals surface area (Å²) in [4.78, 5) is 3.46. The van der Waals surface area contributed by atoms with Crippen LogP contribution in [0, 0.1) is 11.8 Å². The molecule has 0 amide bonds. The molecular weight excluding hydrogens is 418 g/mol. The Kier molecular flexibility index (Phi) is 5.65. The van der Waals surface area contributed by atoms with Crippen molar-refractivity contribution in [3.8, 4) is 0 Å². The van der Waals surface area contributed by atoms with Crippen molar-refractivity contribution in [2.24, 2.45) is 4.40 Å². The highest BCUT2D eigenvalue weighted by molar-refractivity contribution is 7.90. The van der Waals surface area contributed by atoms with Crippen LogP contribution in [0.1, 0.15) is 37.8 Å². The van der Waals surface area contributed by atoms with E-state index in [1.54, 1.807) is 6.92 Å². The van der Waals surface area contributed by atoms with Gasteiger partial charge in [-0.3, -0.25) is 0 Å². The zero-order chi connectivity index (χ0) is 20.6. The van der Waals surface area contributed by atoms with Gasteiger partial charge in [-0.25, -0.2) is 0 Å². The number of rotatable bonds is 4. The topological polar surface area (TPSA) is 87.5 Å². The van der Waals surface area contributed by atoms with Crippen LogP contribution in [-0.2, 0) is 10.0 Å². The molecule has 0 atom stereocenters. The predicted molar refractivity (Wildman–Crippen MR) is 116 cm³/mol. The van der Waals surface area contributed by atoms with Crippen LogP contribution in [0.3, 0.4) is 0 Å². The van der Waals surface area contributed by atoms with E-state index in [4.69, 9.17) is 28.2 Å². The monoisotopic (exact) mass is 437 g/mol. The van der Waals surface area contributed by atoms with Crippen molar-refractivity contribution >= 4 is 56.5 Å². The summed E-state index contributed by atoms with van der Waals surface area (Å²) < 4.78 is 34.6. The molecule has 0 saturated carbocycles. The van der Waals surface area contributed by atoms with E-state index >= 15 is 0 Å². The average molecular weight is 438 g/mol. The Bertz CT molecular complexity index is 1220. The van der Waals surface area contributed by atoms with Crippen LogP contribution in [-0.4, -0.2) is 19.2 Å². The Morgan fingerprint density at radius 3 is 2.54 bits per heavy atom. The van der Waals surface area contributed by atoms with Crippen LogP contribution >= 0.6 is 23.8 Å². The van der Waals surface area contributed by atoms with E-state index in [1.807, 2.05) is 26.8 Å². The van der Waals surface area contributed by atoms with E-state index in [0.717, 1.165) is 22.3 Å². The van der Waals surface area contributed by atoms with Crippen LogP contribution in [0.15, 0.2) is 44.0 Å². The molecule has 1 aromatic heterocycles. The second-order valence-corrected chi connectivity index (χ2v) is 9.17. The highest BCUT2D eigenvalue weighted by Gasteiger charge is 2.18. The number of fused-ring (bicyclic) bond motifs is 1. The Morgan fingerprint density at radius 2 is 1.93 bits per heavy atom. The molecule has 1 heterocycles. The highest BCUT2D eigenvalue weighted by Crippen LogP contribution is 2.34. The number of benzene rings is 2. The van der Waals surface area contributed by atoms with E-state index in [-0.39, 0.29) is 16.6 Å².